The van der Waals surface area contributed by atoms with Crippen LogP contribution in [0.5, 0.6) is 0 Å². The highest BCUT2D eigenvalue weighted by Crippen LogP contribution is 2.17. The van der Waals surface area contributed by atoms with Gasteiger partial charge >= 0.3 is 0 Å². The summed E-state index contributed by atoms with van der Waals surface area (Å²) in [4.78, 5) is 23.2. The number of piperidine rings is 1. The summed E-state index contributed by atoms with van der Waals surface area (Å²) >= 11 is 0. The molecule has 0 spiro atoms. The van der Waals surface area contributed by atoms with Crippen molar-refractivity contribution < 1.29 is 9.53 Å². The van der Waals surface area contributed by atoms with E-state index in [0.29, 0.717) is 19.2 Å². The maximum Gasteiger partial charge on any atom is 0.236 e. The lowest BCUT2D eigenvalue weighted by Gasteiger charge is -2.33. The Labute approximate surface area is 150 Å². The van der Waals surface area contributed by atoms with Gasteiger partial charge in [-0.1, -0.05) is 6.07 Å². The Balaban J connectivity index is 1.36. The van der Waals surface area contributed by atoms with Crippen molar-refractivity contribution in [2.24, 2.45) is 0 Å². The second kappa shape index (κ2) is 8.74. The van der Waals surface area contributed by atoms with Crippen LogP contribution in [0.1, 0.15) is 24.8 Å². The Kier molecular flexibility index (Phi) is 6.39. The van der Waals surface area contributed by atoms with Crippen molar-refractivity contribution in [3.05, 3.63) is 30.1 Å². The highest BCUT2D eigenvalue weighted by molar-refractivity contribution is 5.78. The predicted octanol–water partition coefficient (Wildman–Crippen LogP) is 1.23. The van der Waals surface area contributed by atoms with Crippen LogP contribution in [0.25, 0.3) is 0 Å². The number of ether oxygens (including phenoxy) is 1. The molecule has 2 aliphatic heterocycles. The average Bonchev–Trinajstić information content (AvgIpc) is 3.10. The van der Waals surface area contributed by atoms with Crippen molar-refractivity contribution in [3.8, 4) is 0 Å². The Hall–Kier alpha value is -1.50. The number of amides is 1. The summed E-state index contributed by atoms with van der Waals surface area (Å²) in [6.45, 7) is 4.81. The minimum Gasteiger partial charge on any atom is -0.373 e. The topological polar surface area (TPSA) is 48.9 Å². The molecule has 1 aromatic heterocycles. The molecule has 2 aliphatic rings. The van der Waals surface area contributed by atoms with Crippen molar-refractivity contribution in [2.45, 2.75) is 38.0 Å². The quantitative estimate of drug-likeness (QED) is 0.775. The standard InChI is InChI=1S/C19H30N4O2/c1-21(2)17-5-9-22(13-17)14-19(24)23-10-6-18(7-11-23)25-15-16-4-3-8-20-12-16/h3-4,8,12,17-18H,5-7,9-11,13-15H2,1-2H3/t17-/m1/s1. The molecule has 1 aromatic rings. The number of hydrogen-bond donors (Lipinski definition) is 0. The van der Waals surface area contributed by atoms with E-state index in [1.807, 2.05) is 23.2 Å². The van der Waals surface area contributed by atoms with Crippen molar-refractivity contribution >= 4 is 5.91 Å². The fourth-order valence-electron chi connectivity index (χ4n) is 3.64. The van der Waals surface area contributed by atoms with Gasteiger partial charge < -0.3 is 14.5 Å². The second-order valence-corrected chi connectivity index (χ2v) is 7.39. The van der Waals surface area contributed by atoms with E-state index in [0.717, 1.165) is 51.0 Å². The molecule has 0 bridgehead atoms. The minimum absolute atomic E-state index is 0.245. The first-order valence-electron chi connectivity index (χ1n) is 9.29. The second-order valence-electron chi connectivity index (χ2n) is 7.39. The Morgan fingerprint density at radius 2 is 2.08 bits per heavy atom. The third-order valence-electron chi connectivity index (χ3n) is 5.34. The van der Waals surface area contributed by atoms with Gasteiger partial charge in [0.15, 0.2) is 0 Å². The smallest absolute Gasteiger partial charge is 0.236 e. The summed E-state index contributed by atoms with van der Waals surface area (Å²) in [5.41, 5.74) is 1.10. The van der Waals surface area contributed by atoms with E-state index < -0.39 is 0 Å². The molecule has 25 heavy (non-hydrogen) atoms. The van der Waals surface area contributed by atoms with E-state index in [2.05, 4.69) is 28.9 Å². The molecule has 2 saturated heterocycles. The van der Waals surface area contributed by atoms with E-state index in [9.17, 15) is 4.79 Å². The van der Waals surface area contributed by atoms with E-state index in [4.69, 9.17) is 4.74 Å². The van der Waals surface area contributed by atoms with E-state index in [-0.39, 0.29) is 12.0 Å². The maximum absolute atomic E-state index is 12.5. The van der Waals surface area contributed by atoms with E-state index in [1.165, 1.54) is 0 Å². The summed E-state index contributed by atoms with van der Waals surface area (Å²) < 4.78 is 5.98. The molecule has 6 heteroatoms. The lowest BCUT2D eigenvalue weighted by Crippen LogP contribution is -2.45. The van der Waals surface area contributed by atoms with Crippen LogP contribution in [-0.2, 0) is 16.1 Å². The summed E-state index contributed by atoms with van der Waals surface area (Å²) in [6, 6.07) is 4.54. The van der Waals surface area contributed by atoms with Crippen LogP contribution in [0.15, 0.2) is 24.5 Å². The zero-order valence-electron chi connectivity index (χ0n) is 15.4. The zero-order chi connectivity index (χ0) is 17.6. The van der Waals surface area contributed by atoms with Crippen LogP contribution in [0.2, 0.25) is 0 Å². The van der Waals surface area contributed by atoms with Gasteiger partial charge in [-0.3, -0.25) is 14.7 Å². The molecular formula is C19H30N4O2. The van der Waals surface area contributed by atoms with Crippen molar-refractivity contribution in [1.82, 2.24) is 19.7 Å². The molecule has 0 N–H and O–H groups in total. The number of carbonyl (C=O) groups excluding carboxylic acids is 1. The molecule has 1 atom stereocenters. The van der Waals surface area contributed by atoms with Gasteiger partial charge in [-0.25, -0.2) is 0 Å². The molecule has 0 aromatic carbocycles. The number of rotatable bonds is 6. The normalized spacial score (nSPS) is 22.7. The molecular weight excluding hydrogens is 316 g/mol. The molecule has 0 unspecified atom stereocenters. The first kappa shape index (κ1) is 18.3. The van der Waals surface area contributed by atoms with Crippen LogP contribution in [0.3, 0.4) is 0 Å². The first-order valence-corrected chi connectivity index (χ1v) is 9.29. The summed E-state index contributed by atoms with van der Waals surface area (Å²) in [5, 5.41) is 0. The molecule has 3 rings (SSSR count). The molecule has 3 heterocycles. The third-order valence-corrected chi connectivity index (χ3v) is 5.34. The van der Waals surface area contributed by atoms with Gasteiger partial charge in [-0.05, 0) is 45.0 Å². The number of hydrogen-bond acceptors (Lipinski definition) is 5. The predicted molar refractivity (Wildman–Crippen MR) is 97.2 cm³/mol. The highest BCUT2D eigenvalue weighted by Gasteiger charge is 2.28. The van der Waals surface area contributed by atoms with E-state index in [1.54, 1.807) is 6.20 Å². The third kappa shape index (κ3) is 5.23. The monoisotopic (exact) mass is 346 g/mol. The number of pyridine rings is 1. The fourth-order valence-corrected chi connectivity index (χ4v) is 3.64. The highest BCUT2D eigenvalue weighted by atomic mass is 16.5. The lowest BCUT2D eigenvalue weighted by atomic mass is 10.1. The summed E-state index contributed by atoms with van der Waals surface area (Å²) in [7, 11) is 4.23. The number of nitrogens with zero attached hydrogens (tertiary/aromatic N) is 4. The van der Waals surface area contributed by atoms with Gasteiger partial charge in [0.25, 0.3) is 0 Å². The van der Waals surface area contributed by atoms with Crippen LogP contribution in [0.4, 0.5) is 0 Å². The number of likely N-dealkylation sites (N-methyl/N-ethyl adjacent to an activating group) is 1. The largest absolute Gasteiger partial charge is 0.373 e. The van der Waals surface area contributed by atoms with Crippen molar-refractivity contribution in [1.29, 1.82) is 0 Å². The Bertz CT molecular complexity index is 544. The zero-order valence-corrected chi connectivity index (χ0v) is 15.4. The Morgan fingerprint density at radius 3 is 2.72 bits per heavy atom. The molecule has 0 radical (unpaired) electrons. The summed E-state index contributed by atoms with van der Waals surface area (Å²) in [5.74, 6) is 0.269. The first-order chi connectivity index (χ1) is 12.1. The van der Waals surface area contributed by atoms with Gasteiger partial charge in [0.05, 0.1) is 19.3 Å². The van der Waals surface area contributed by atoms with Crippen LogP contribution < -0.4 is 0 Å². The number of likely N-dealkylation sites (tertiary alicyclic amines) is 2. The molecule has 0 saturated carbocycles. The average molecular weight is 346 g/mol. The fraction of sp³-hybridized carbons (Fsp3) is 0.684. The molecule has 138 valence electrons. The Morgan fingerprint density at radius 1 is 1.28 bits per heavy atom. The van der Waals surface area contributed by atoms with Gasteiger partial charge in [0.1, 0.15) is 0 Å². The minimum atomic E-state index is 0.245. The molecule has 2 fully saturated rings. The van der Waals surface area contributed by atoms with Gasteiger partial charge in [-0.15, -0.1) is 0 Å². The van der Waals surface area contributed by atoms with Gasteiger partial charge in [-0.2, -0.15) is 0 Å². The lowest BCUT2D eigenvalue weighted by molar-refractivity contribution is -0.135. The molecule has 6 nitrogen and oxygen atoms in total. The van der Waals surface area contributed by atoms with Gasteiger partial charge in [0.2, 0.25) is 5.91 Å². The maximum atomic E-state index is 12.5. The van der Waals surface area contributed by atoms with Crippen LogP contribution in [0, 0.1) is 0 Å². The van der Waals surface area contributed by atoms with Crippen molar-refractivity contribution in [3.63, 3.8) is 0 Å². The molecule has 0 aliphatic carbocycles. The van der Waals surface area contributed by atoms with Crippen LogP contribution in [-0.4, -0.2) is 84.6 Å². The number of carbonyl (C=O) groups is 1. The van der Waals surface area contributed by atoms with E-state index >= 15 is 0 Å². The summed E-state index contributed by atoms with van der Waals surface area (Å²) in [6.07, 6.45) is 6.86. The SMILES string of the molecule is CN(C)[C@@H]1CCN(CC(=O)N2CCC(OCc3cccnc3)CC2)C1. The van der Waals surface area contributed by atoms with Crippen LogP contribution >= 0.6 is 0 Å². The van der Waals surface area contributed by atoms with Gasteiger partial charge in [0, 0.05) is 44.6 Å². The number of aromatic nitrogens is 1. The molecule has 1 amide bonds. The van der Waals surface area contributed by atoms with Crippen molar-refractivity contribution in [2.75, 3.05) is 46.8 Å².